The van der Waals surface area contributed by atoms with E-state index < -0.39 is 0 Å². The van der Waals surface area contributed by atoms with Crippen LogP contribution in [0.2, 0.25) is 0 Å². The highest BCUT2D eigenvalue weighted by Gasteiger charge is 2.31. The number of piperazine rings is 1. The third kappa shape index (κ3) is 4.11. The number of carbonyl (C=O) groups is 2. The van der Waals surface area contributed by atoms with Gasteiger partial charge in [-0.3, -0.25) is 4.79 Å². The fourth-order valence-electron chi connectivity index (χ4n) is 5.64. The van der Waals surface area contributed by atoms with Gasteiger partial charge in [0.2, 0.25) is 0 Å². The summed E-state index contributed by atoms with van der Waals surface area (Å²) < 4.78 is 6.99. The third-order valence-electron chi connectivity index (χ3n) is 7.48. The molecule has 1 saturated heterocycles. The van der Waals surface area contributed by atoms with Crippen molar-refractivity contribution in [1.82, 2.24) is 4.90 Å². The molecule has 0 spiro atoms. The van der Waals surface area contributed by atoms with Crippen molar-refractivity contribution < 1.29 is 14.3 Å². The molecule has 0 saturated carbocycles. The summed E-state index contributed by atoms with van der Waals surface area (Å²) in [6.45, 7) is 9.09. The molecular formula is C29H29IN2O3. The van der Waals surface area contributed by atoms with Crippen LogP contribution in [0.1, 0.15) is 44.1 Å². The predicted molar refractivity (Wildman–Crippen MR) is 148 cm³/mol. The molecule has 35 heavy (non-hydrogen) atoms. The molecule has 6 heteroatoms. The van der Waals surface area contributed by atoms with Crippen molar-refractivity contribution in [2.24, 2.45) is 0 Å². The average Bonchev–Trinajstić information content (AvgIpc) is 3.20. The fourth-order valence-corrected chi connectivity index (χ4v) is 6.19. The first-order valence-corrected chi connectivity index (χ1v) is 13.1. The van der Waals surface area contributed by atoms with Crippen molar-refractivity contribution in [3.05, 3.63) is 85.5 Å². The number of rotatable bonds is 4. The highest BCUT2D eigenvalue weighted by Crippen LogP contribution is 2.44. The minimum atomic E-state index is -0.257. The van der Waals surface area contributed by atoms with E-state index in [2.05, 4.69) is 70.8 Å². The minimum absolute atomic E-state index is 0.0642. The summed E-state index contributed by atoms with van der Waals surface area (Å²) in [6.07, 6.45) is 0.704. The fraction of sp³-hybridized carbons (Fsp3) is 0.310. The maximum atomic E-state index is 13.0. The van der Waals surface area contributed by atoms with Gasteiger partial charge < -0.3 is 14.5 Å². The second kappa shape index (κ2) is 9.64. The van der Waals surface area contributed by atoms with Crippen LogP contribution in [0.5, 0.6) is 0 Å². The maximum Gasteiger partial charge on any atom is 0.409 e. The SMILES string of the molecule is Cc1c(I)c(C)c(N2CCN(C(=O)OCC3c4ccccc4-c4ccccc43)CC2)c(C)c1C=O. The summed E-state index contributed by atoms with van der Waals surface area (Å²) >= 11 is 2.33. The first-order valence-electron chi connectivity index (χ1n) is 12.0. The zero-order chi connectivity index (χ0) is 24.7. The Bertz CT molecular complexity index is 1270. The van der Waals surface area contributed by atoms with Crippen LogP contribution < -0.4 is 4.90 Å². The van der Waals surface area contributed by atoms with E-state index in [-0.39, 0.29) is 12.0 Å². The van der Waals surface area contributed by atoms with Crippen LogP contribution in [0, 0.1) is 24.3 Å². The van der Waals surface area contributed by atoms with Gasteiger partial charge >= 0.3 is 6.09 Å². The lowest BCUT2D eigenvalue weighted by Crippen LogP contribution is -2.49. The number of hydrogen-bond donors (Lipinski definition) is 0. The summed E-state index contributed by atoms with van der Waals surface area (Å²) in [5.41, 5.74) is 10.0. The van der Waals surface area contributed by atoms with Crippen LogP contribution in [0.15, 0.2) is 48.5 Å². The Morgan fingerprint density at radius 3 is 2.06 bits per heavy atom. The number of anilines is 1. The van der Waals surface area contributed by atoms with E-state index in [0.717, 1.165) is 32.2 Å². The molecule has 1 amide bonds. The third-order valence-corrected chi connectivity index (χ3v) is 9.10. The van der Waals surface area contributed by atoms with Gasteiger partial charge in [-0.25, -0.2) is 4.79 Å². The zero-order valence-corrected chi connectivity index (χ0v) is 22.5. The number of nitrogens with zero attached hydrogens (tertiary/aromatic N) is 2. The van der Waals surface area contributed by atoms with Gasteiger partial charge in [-0.05, 0) is 82.3 Å². The number of fused-ring (bicyclic) bond motifs is 3. The lowest BCUT2D eigenvalue weighted by atomic mass is 9.97. The lowest BCUT2D eigenvalue weighted by Gasteiger charge is -2.37. The van der Waals surface area contributed by atoms with Gasteiger partial charge in [0.1, 0.15) is 6.61 Å². The molecule has 180 valence electrons. The largest absolute Gasteiger partial charge is 0.448 e. The van der Waals surface area contributed by atoms with Gasteiger partial charge in [0.05, 0.1) is 0 Å². The second-order valence-electron chi connectivity index (χ2n) is 9.35. The first-order chi connectivity index (χ1) is 16.9. The van der Waals surface area contributed by atoms with Gasteiger partial charge in [-0.15, -0.1) is 0 Å². The van der Waals surface area contributed by atoms with E-state index in [0.29, 0.717) is 32.8 Å². The molecule has 0 unspecified atom stereocenters. The number of carbonyl (C=O) groups excluding carboxylic acids is 2. The number of halogens is 1. The van der Waals surface area contributed by atoms with Crippen LogP contribution in [-0.4, -0.2) is 50.1 Å². The van der Waals surface area contributed by atoms with Gasteiger partial charge in [-0.2, -0.15) is 0 Å². The second-order valence-corrected chi connectivity index (χ2v) is 10.4. The van der Waals surface area contributed by atoms with E-state index >= 15 is 0 Å². The lowest BCUT2D eigenvalue weighted by molar-refractivity contribution is 0.0976. The molecule has 1 aliphatic carbocycles. The summed E-state index contributed by atoms with van der Waals surface area (Å²) in [4.78, 5) is 28.8. The monoisotopic (exact) mass is 580 g/mol. The zero-order valence-electron chi connectivity index (χ0n) is 20.3. The van der Waals surface area contributed by atoms with Crippen molar-refractivity contribution in [3.8, 4) is 11.1 Å². The molecule has 3 aromatic rings. The Morgan fingerprint density at radius 1 is 0.914 bits per heavy atom. The number of hydrogen-bond acceptors (Lipinski definition) is 4. The molecule has 5 rings (SSSR count). The number of aldehydes is 1. The maximum absolute atomic E-state index is 13.0. The minimum Gasteiger partial charge on any atom is -0.448 e. The highest BCUT2D eigenvalue weighted by molar-refractivity contribution is 14.1. The molecule has 0 aromatic heterocycles. The van der Waals surface area contributed by atoms with Crippen LogP contribution in [0.4, 0.5) is 10.5 Å². The van der Waals surface area contributed by atoms with Crippen LogP contribution in [-0.2, 0) is 4.74 Å². The van der Waals surface area contributed by atoms with Crippen LogP contribution in [0.25, 0.3) is 11.1 Å². The van der Waals surface area contributed by atoms with Crippen molar-refractivity contribution in [3.63, 3.8) is 0 Å². The molecule has 0 bridgehead atoms. The molecule has 2 aliphatic rings. The topological polar surface area (TPSA) is 49.9 Å². The molecule has 3 aromatic carbocycles. The molecule has 5 nitrogen and oxygen atoms in total. The smallest absolute Gasteiger partial charge is 0.409 e. The van der Waals surface area contributed by atoms with Crippen LogP contribution in [0.3, 0.4) is 0 Å². The molecule has 0 N–H and O–H groups in total. The van der Waals surface area contributed by atoms with E-state index in [9.17, 15) is 9.59 Å². The van der Waals surface area contributed by atoms with Gasteiger partial charge in [0.25, 0.3) is 0 Å². The van der Waals surface area contributed by atoms with Gasteiger partial charge in [0, 0.05) is 46.9 Å². The van der Waals surface area contributed by atoms with E-state index in [1.165, 1.54) is 27.8 Å². The van der Waals surface area contributed by atoms with E-state index in [1.54, 1.807) is 4.90 Å². The number of amides is 1. The number of ether oxygens (including phenoxy) is 1. The molecule has 1 heterocycles. The Kier molecular flexibility index (Phi) is 6.57. The Morgan fingerprint density at radius 2 is 1.49 bits per heavy atom. The van der Waals surface area contributed by atoms with Gasteiger partial charge in [0.15, 0.2) is 6.29 Å². The molecule has 0 atom stereocenters. The Hall–Kier alpha value is -2.87. The molecule has 1 fully saturated rings. The quantitative estimate of drug-likeness (QED) is 0.277. The van der Waals surface area contributed by atoms with Crippen LogP contribution >= 0.6 is 22.6 Å². The summed E-state index contributed by atoms with van der Waals surface area (Å²) in [7, 11) is 0. The Balaban J connectivity index is 1.26. The van der Waals surface area contributed by atoms with E-state index in [4.69, 9.17) is 4.74 Å². The van der Waals surface area contributed by atoms with Crippen molar-refractivity contribution in [1.29, 1.82) is 0 Å². The standard InChI is InChI=1S/C29H29IN2O3/c1-18-25(16-33)19(2)28(20(3)27(18)30)31-12-14-32(15-13-31)29(34)35-17-26-23-10-6-4-8-21(23)22-9-5-7-11-24(22)26/h4-11,16,26H,12-15,17H2,1-3H3. The average molecular weight is 580 g/mol. The summed E-state index contributed by atoms with van der Waals surface area (Å²) in [5.74, 6) is 0.0642. The predicted octanol–water partition coefficient (Wildman–Crippen LogP) is 6.10. The van der Waals surface area contributed by atoms with Crippen molar-refractivity contribution in [2.45, 2.75) is 26.7 Å². The molecular weight excluding hydrogens is 551 g/mol. The highest BCUT2D eigenvalue weighted by atomic mass is 127. The van der Waals surface area contributed by atoms with Crippen molar-refractivity contribution in [2.75, 3.05) is 37.7 Å². The Labute approximate surface area is 220 Å². The number of benzene rings is 3. The first kappa shape index (κ1) is 23.9. The molecule has 1 aliphatic heterocycles. The normalized spacial score (nSPS) is 15.1. The molecule has 0 radical (unpaired) electrons. The van der Waals surface area contributed by atoms with Gasteiger partial charge in [-0.1, -0.05) is 48.5 Å². The van der Waals surface area contributed by atoms with E-state index in [1.807, 2.05) is 26.0 Å². The summed E-state index contributed by atoms with van der Waals surface area (Å²) in [5, 5.41) is 0. The summed E-state index contributed by atoms with van der Waals surface area (Å²) in [6, 6.07) is 16.8. The van der Waals surface area contributed by atoms with Crippen molar-refractivity contribution >= 4 is 40.7 Å².